The molecular weight excluding hydrogens is 388 g/mol. The van der Waals surface area contributed by atoms with Crippen LogP contribution < -0.4 is 4.74 Å². The van der Waals surface area contributed by atoms with Gasteiger partial charge in [-0.3, -0.25) is 9.69 Å². The Labute approximate surface area is 173 Å². The van der Waals surface area contributed by atoms with Crippen LogP contribution in [-0.4, -0.2) is 63.2 Å². The smallest absolute Gasteiger partial charge is 0.253 e. The molecule has 1 heterocycles. The summed E-state index contributed by atoms with van der Waals surface area (Å²) in [5.41, 5.74) is 2.53. The largest absolute Gasteiger partial charge is 0.494 e. The second kappa shape index (κ2) is 9.41. The second-order valence-corrected chi connectivity index (χ2v) is 9.55. The fraction of sp³-hybridized carbons (Fsp3) is 0.409. The first kappa shape index (κ1) is 21.3. The predicted molar refractivity (Wildman–Crippen MR) is 114 cm³/mol. The molecule has 0 saturated carbocycles. The highest BCUT2D eigenvalue weighted by Gasteiger charge is 2.22. The van der Waals surface area contributed by atoms with E-state index < -0.39 is 9.84 Å². The summed E-state index contributed by atoms with van der Waals surface area (Å²) >= 11 is 0. The Morgan fingerprint density at radius 2 is 1.52 bits per heavy atom. The third-order valence-electron chi connectivity index (χ3n) is 4.93. The summed E-state index contributed by atoms with van der Waals surface area (Å²) in [5.74, 6) is 0.872. The van der Waals surface area contributed by atoms with Gasteiger partial charge in [0.25, 0.3) is 5.91 Å². The Kier molecular flexibility index (Phi) is 6.92. The number of sulfone groups is 1. The predicted octanol–water partition coefficient (Wildman–Crippen LogP) is 2.59. The minimum atomic E-state index is -3.08. The lowest BCUT2D eigenvalue weighted by Gasteiger charge is -2.34. The number of nitrogens with zero attached hydrogens (tertiary/aromatic N) is 2. The number of carbonyl (C=O) groups is 1. The molecule has 0 radical (unpaired) electrons. The summed E-state index contributed by atoms with van der Waals surface area (Å²) in [6.45, 7) is 6.50. The van der Waals surface area contributed by atoms with Gasteiger partial charge in [-0.2, -0.15) is 0 Å². The maximum atomic E-state index is 12.7. The maximum Gasteiger partial charge on any atom is 0.253 e. The number of amides is 1. The van der Waals surface area contributed by atoms with E-state index in [-0.39, 0.29) is 11.7 Å². The number of hydrogen-bond acceptors (Lipinski definition) is 5. The van der Waals surface area contributed by atoms with Crippen molar-refractivity contribution in [2.45, 2.75) is 19.2 Å². The van der Waals surface area contributed by atoms with Crippen LogP contribution in [0.15, 0.2) is 48.5 Å². The molecule has 2 aromatic rings. The summed E-state index contributed by atoms with van der Waals surface area (Å²) in [4.78, 5) is 16.9. The lowest BCUT2D eigenvalue weighted by Crippen LogP contribution is -2.48. The average molecular weight is 417 g/mol. The Bertz CT molecular complexity index is 916. The molecule has 0 aliphatic carbocycles. The molecule has 1 aliphatic heterocycles. The minimum Gasteiger partial charge on any atom is -0.494 e. The molecule has 0 unspecified atom stereocenters. The fourth-order valence-corrected chi connectivity index (χ4v) is 4.25. The van der Waals surface area contributed by atoms with E-state index in [0.717, 1.165) is 25.4 Å². The number of piperazine rings is 1. The topological polar surface area (TPSA) is 66.9 Å². The van der Waals surface area contributed by atoms with Crippen LogP contribution >= 0.6 is 0 Å². The molecule has 3 rings (SSSR count). The van der Waals surface area contributed by atoms with Crippen LogP contribution in [0.4, 0.5) is 0 Å². The lowest BCUT2D eigenvalue weighted by molar-refractivity contribution is 0.0628. The quantitative estimate of drug-likeness (QED) is 0.694. The Hall–Kier alpha value is -2.38. The number of benzene rings is 2. The number of rotatable bonds is 7. The molecule has 1 saturated heterocycles. The van der Waals surface area contributed by atoms with E-state index in [9.17, 15) is 13.2 Å². The molecule has 0 atom stereocenters. The van der Waals surface area contributed by atoms with Crippen molar-refractivity contribution in [2.75, 3.05) is 39.0 Å². The van der Waals surface area contributed by atoms with Gasteiger partial charge in [0.1, 0.15) is 5.75 Å². The summed E-state index contributed by atoms with van der Waals surface area (Å²) < 4.78 is 28.3. The third-order valence-corrected chi connectivity index (χ3v) is 5.79. The SMILES string of the molecule is CCOc1ccc(CN2CCN(C(=O)c3ccc(CS(C)(=O)=O)cc3)CC2)cc1. The first-order valence-electron chi connectivity index (χ1n) is 9.84. The van der Waals surface area contributed by atoms with Crippen LogP contribution in [0.5, 0.6) is 5.75 Å². The van der Waals surface area contributed by atoms with Crippen molar-refractivity contribution in [3.63, 3.8) is 0 Å². The molecule has 1 amide bonds. The van der Waals surface area contributed by atoms with Crippen molar-refractivity contribution in [2.24, 2.45) is 0 Å². The van der Waals surface area contributed by atoms with E-state index in [2.05, 4.69) is 17.0 Å². The monoisotopic (exact) mass is 416 g/mol. The molecule has 0 N–H and O–H groups in total. The summed E-state index contributed by atoms with van der Waals surface area (Å²) in [6.07, 6.45) is 1.21. The van der Waals surface area contributed by atoms with E-state index in [1.807, 2.05) is 24.0 Å². The molecule has 1 aliphatic rings. The lowest BCUT2D eigenvalue weighted by atomic mass is 10.1. The van der Waals surface area contributed by atoms with E-state index >= 15 is 0 Å². The third kappa shape index (κ3) is 6.30. The fourth-order valence-electron chi connectivity index (χ4n) is 3.45. The summed E-state index contributed by atoms with van der Waals surface area (Å²) in [5, 5.41) is 0. The van der Waals surface area contributed by atoms with Gasteiger partial charge in [-0.25, -0.2) is 8.42 Å². The van der Waals surface area contributed by atoms with Gasteiger partial charge in [-0.1, -0.05) is 24.3 Å². The maximum absolute atomic E-state index is 12.7. The summed E-state index contributed by atoms with van der Waals surface area (Å²) in [7, 11) is -3.08. The molecule has 7 heteroatoms. The van der Waals surface area contributed by atoms with Crippen molar-refractivity contribution in [1.82, 2.24) is 9.80 Å². The van der Waals surface area contributed by atoms with Crippen LogP contribution in [0.25, 0.3) is 0 Å². The molecule has 2 aromatic carbocycles. The van der Waals surface area contributed by atoms with E-state index in [4.69, 9.17) is 4.74 Å². The van der Waals surface area contributed by atoms with Crippen LogP contribution in [0.2, 0.25) is 0 Å². The molecular formula is C22H28N2O4S. The van der Waals surface area contributed by atoms with Gasteiger partial charge in [0.2, 0.25) is 0 Å². The zero-order valence-corrected chi connectivity index (χ0v) is 17.8. The van der Waals surface area contributed by atoms with Gasteiger partial charge in [0, 0.05) is 44.5 Å². The van der Waals surface area contributed by atoms with Gasteiger partial charge in [-0.15, -0.1) is 0 Å². The Balaban J connectivity index is 1.51. The van der Waals surface area contributed by atoms with Crippen molar-refractivity contribution in [3.05, 3.63) is 65.2 Å². The van der Waals surface area contributed by atoms with Crippen molar-refractivity contribution >= 4 is 15.7 Å². The molecule has 0 spiro atoms. The van der Waals surface area contributed by atoms with Gasteiger partial charge < -0.3 is 9.64 Å². The molecule has 6 nitrogen and oxygen atoms in total. The van der Waals surface area contributed by atoms with Crippen LogP contribution in [-0.2, 0) is 22.1 Å². The van der Waals surface area contributed by atoms with E-state index in [1.165, 1.54) is 11.8 Å². The normalized spacial score (nSPS) is 15.3. The van der Waals surface area contributed by atoms with Crippen LogP contribution in [0.1, 0.15) is 28.4 Å². The van der Waals surface area contributed by atoms with Crippen molar-refractivity contribution in [1.29, 1.82) is 0 Å². The Morgan fingerprint density at radius 1 is 0.931 bits per heavy atom. The molecule has 0 bridgehead atoms. The van der Waals surface area contributed by atoms with Crippen LogP contribution in [0, 0.1) is 0 Å². The minimum absolute atomic E-state index is 0.00313. The van der Waals surface area contributed by atoms with E-state index in [1.54, 1.807) is 24.3 Å². The zero-order chi connectivity index (χ0) is 20.9. The molecule has 0 aromatic heterocycles. The molecule has 156 valence electrons. The number of carbonyl (C=O) groups excluding carboxylic acids is 1. The second-order valence-electron chi connectivity index (χ2n) is 7.41. The molecule has 1 fully saturated rings. The highest BCUT2D eigenvalue weighted by Crippen LogP contribution is 2.16. The summed E-state index contributed by atoms with van der Waals surface area (Å²) in [6, 6.07) is 15.0. The van der Waals surface area contributed by atoms with E-state index in [0.29, 0.717) is 30.8 Å². The highest BCUT2D eigenvalue weighted by atomic mass is 32.2. The van der Waals surface area contributed by atoms with Crippen LogP contribution in [0.3, 0.4) is 0 Å². The van der Waals surface area contributed by atoms with Crippen molar-refractivity contribution < 1.29 is 17.9 Å². The average Bonchev–Trinajstić information content (AvgIpc) is 2.69. The highest BCUT2D eigenvalue weighted by molar-refractivity contribution is 7.89. The number of hydrogen-bond donors (Lipinski definition) is 0. The standard InChI is InChI=1S/C22H28N2O4S/c1-3-28-21-10-6-18(7-11-21)16-23-12-14-24(15-13-23)22(25)20-8-4-19(5-9-20)17-29(2,26)27/h4-11H,3,12-17H2,1-2H3. The van der Waals surface area contributed by atoms with Crippen molar-refractivity contribution in [3.8, 4) is 5.75 Å². The zero-order valence-electron chi connectivity index (χ0n) is 17.0. The molecule has 29 heavy (non-hydrogen) atoms. The first-order valence-corrected chi connectivity index (χ1v) is 11.9. The first-order chi connectivity index (χ1) is 13.8. The van der Waals surface area contributed by atoms with Gasteiger partial charge >= 0.3 is 0 Å². The van der Waals surface area contributed by atoms with Gasteiger partial charge in [0.05, 0.1) is 12.4 Å². The van der Waals surface area contributed by atoms with Gasteiger partial charge in [0.15, 0.2) is 9.84 Å². The Morgan fingerprint density at radius 3 is 2.07 bits per heavy atom. The number of ether oxygens (including phenoxy) is 1. The van der Waals surface area contributed by atoms with Gasteiger partial charge in [-0.05, 0) is 42.3 Å².